The Morgan fingerprint density at radius 2 is 1.85 bits per heavy atom. The highest BCUT2D eigenvalue weighted by molar-refractivity contribution is 7.89. The number of benzene rings is 1. The molecule has 1 aliphatic rings. The van der Waals surface area contributed by atoms with Crippen molar-refractivity contribution in [2.24, 2.45) is 0 Å². The smallest absolute Gasteiger partial charge is 0.243 e. The second-order valence-corrected chi connectivity index (χ2v) is 7.22. The Hall–Kier alpha value is -0.910. The van der Waals surface area contributed by atoms with Crippen LogP contribution in [0.4, 0.5) is 0 Å². The first-order valence-corrected chi connectivity index (χ1v) is 8.80. The van der Waals surface area contributed by atoms with Crippen LogP contribution in [0.5, 0.6) is 0 Å². The molecule has 1 heterocycles. The summed E-state index contributed by atoms with van der Waals surface area (Å²) < 4.78 is 26.9. The van der Waals surface area contributed by atoms with Crippen molar-refractivity contribution < 1.29 is 8.42 Å². The van der Waals surface area contributed by atoms with Crippen molar-refractivity contribution in [3.8, 4) is 0 Å². The Labute approximate surface area is 122 Å². The largest absolute Gasteiger partial charge is 0.316 e. The topological polar surface area (TPSA) is 49.4 Å². The summed E-state index contributed by atoms with van der Waals surface area (Å²) in [7, 11) is -1.44. The van der Waals surface area contributed by atoms with Crippen molar-refractivity contribution in [3.63, 3.8) is 0 Å². The molecule has 1 saturated heterocycles. The molecule has 0 atom stereocenters. The monoisotopic (exact) mass is 296 g/mol. The zero-order valence-electron chi connectivity index (χ0n) is 12.4. The first-order valence-electron chi connectivity index (χ1n) is 7.36. The second kappa shape index (κ2) is 6.70. The Bertz CT molecular complexity index is 549. The normalized spacial score (nSPS) is 17.3. The van der Waals surface area contributed by atoms with Gasteiger partial charge in [-0.15, -0.1) is 0 Å². The molecule has 1 N–H and O–H groups in total. The lowest BCUT2D eigenvalue weighted by atomic mass is 10.1. The summed E-state index contributed by atoms with van der Waals surface area (Å²) >= 11 is 0. The molecule has 20 heavy (non-hydrogen) atoms. The van der Waals surface area contributed by atoms with Gasteiger partial charge < -0.3 is 5.32 Å². The third-order valence-electron chi connectivity index (χ3n) is 3.88. The number of nitrogens with zero attached hydrogens (tertiary/aromatic N) is 1. The van der Waals surface area contributed by atoms with Crippen LogP contribution in [-0.2, 0) is 23.0 Å². The van der Waals surface area contributed by atoms with Gasteiger partial charge in [-0.1, -0.05) is 19.4 Å². The minimum absolute atomic E-state index is 0.432. The number of piperidine rings is 1. The van der Waals surface area contributed by atoms with Gasteiger partial charge in [-0.3, -0.25) is 0 Å². The highest BCUT2D eigenvalue weighted by Gasteiger charge is 2.26. The van der Waals surface area contributed by atoms with Gasteiger partial charge in [0.2, 0.25) is 10.0 Å². The summed E-state index contributed by atoms with van der Waals surface area (Å²) in [4.78, 5) is 0.432. The fraction of sp³-hybridized carbons (Fsp3) is 0.600. The lowest BCUT2D eigenvalue weighted by molar-refractivity contribution is 0.346. The molecule has 1 fully saturated rings. The maximum Gasteiger partial charge on any atom is 0.243 e. The van der Waals surface area contributed by atoms with E-state index in [0.717, 1.165) is 31.2 Å². The van der Waals surface area contributed by atoms with Crippen molar-refractivity contribution >= 4 is 10.0 Å². The quantitative estimate of drug-likeness (QED) is 0.905. The molecule has 1 aliphatic heterocycles. The maximum atomic E-state index is 12.6. The van der Waals surface area contributed by atoms with Gasteiger partial charge in [0.1, 0.15) is 0 Å². The van der Waals surface area contributed by atoms with E-state index in [4.69, 9.17) is 0 Å². The van der Waals surface area contributed by atoms with Crippen LogP contribution in [0, 0.1) is 0 Å². The molecule has 2 rings (SSSR count). The van der Waals surface area contributed by atoms with Crippen LogP contribution in [0.3, 0.4) is 0 Å². The minimum Gasteiger partial charge on any atom is -0.316 e. The fourth-order valence-corrected chi connectivity index (χ4v) is 4.29. The molecule has 0 saturated carbocycles. The fourth-order valence-electron chi connectivity index (χ4n) is 2.72. The maximum absolute atomic E-state index is 12.6. The van der Waals surface area contributed by atoms with Crippen LogP contribution in [0.15, 0.2) is 23.1 Å². The first kappa shape index (κ1) is 15.5. The lowest BCUT2D eigenvalue weighted by Gasteiger charge is -2.26. The van der Waals surface area contributed by atoms with E-state index in [0.29, 0.717) is 24.5 Å². The summed E-state index contributed by atoms with van der Waals surface area (Å²) in [5.74, 6) is 0. The molecule has 112 valence electrons. The molecule has 0 amide bonds. The number of nitrogens with one attached hydrogen (secondary N) is 1. The summed E-state index contributed by atoms with van der Waals surface area (Å²) in [6, 6.07) is 5.53. The van der Waals surface area contributed by atoms with Crippen molar-refractivity contribution in [2.45, 2.75) is 44.0 Å². The SMILES string of the molecule is CCc1ccc(S(=O)(=O)N2CCCCC2)cc1CNC. The molecular weight excluding hydrogens is 272 g/mol. The molecule has 0 radical (unpaired) electrons. The van der Waals surface area contributed by atoms with Crippen LogP contribution in [-0.4, -0.2) is 32.9 Å². The predicted octanol–water partition coefficient (Wildman–Crippen LogP) is 2.14. The van der Waals surface area contributed by atoms with Gasteiger partial charge in [-0.25, -0.2) is 8.42 Å². The van der Waals surface area contributed by atoms with Gasteiger partial charge in [0.15, 0.2) is 0 Å². The average Bonchev–Trinajstić information content (AvgIpc) is 2.48. The van der Waals surface area contributed by atoms with Crippen LogP contribution in [0.2, 0.25) is 0 Å². The highest BCUT2D eigenvalue weighted by Crippen LogP contribution is 2.23. The predicted molar refractivity (Wildman–Crippen MR) is 81.2 cm³/mol. The molecule has 1 aromatic rings. The number of rotatable bonds is 5. The highest BCUT2D eigenvalue weighted by atomic mass is 32.2. The second-order valence-electron chi connectivity index (χ2n) is 5.28. The number of sulfonamides is 1. The van der Waals surface area contributed by atoms with Gasteiger partial charge in [0.25, 0.3) is 0 Å². The number of aryl methyl sites for hydroxylation is 1. The van der Waals surface area contributed by atoms with Gasteiger partial charge >= 0.3 is 0 Å². The first-order chi connectivity index (χ1) is 9.59. The van der Waals surface area contributed by atoms with E-state index in [1.807, 2.05) is 19.2 Å². The van der Waals surface area contributed by atoms with Gasteiger partial charge in [-0.2, -0.15) is 4.31 Å². The van der Waals surface area contributed by atoms with Crippen LogP contribution < -0.4 is 5.32 Å². The van der Waals surface area contributed by atoms with E-state index in [1.54, 1.807) is 10.4 Å². The summed E-state index contributed by atoms with van der Waals surface area (Å²) in [6.07, 6.45) is 3.98. The summed E-state index contributed by atoms with van der Waals surface area (Å²) in [5.41, 5.74) is 2.28. The van der Waals surface area contributed by atoms with Crippen molar-refractivity contribution in [3.05, 3.63) is 29.3 Å². The van der Waals surface area contributed by atoms with Crippen LogP contribution in [0.25, 0.3) is 0 Å². The van der Waals surface area contributed by atoms with Crippen molar-refractivity contribution in [1.29, 1.82) is 0 Å². The zero-order valence-corrected chi connectivity index (χ0v) is 13.2. The van der Waals surface area contributed by atoms with E-state index in [9.17, 15) is 8.42 Å². The Morgan fingerprint density at radius 3 is 2.45 bits per heavy atom. The summed E-state index contributed by atoms with van der Waals surface area (Å²) in [5, 5.41) is 3.11. The average molecular weight is 296 g/mol. The van der Waals surface area contributed by atoms with Gasteiger partial charge in [0, 0.05) is 19.6 Å². The molecule has 1 aromatic carbocycles. The third kappa shape index (κ3) is 3.22. The third-order valence-corrected chi connectivity index (χ3v) is 5.77. The molecule has 4 nitrogen and oxygen atoms in total. The van der Waals surface area contributed by atoms with Crippen molar-refractivity contribution in [2.75, 3.05) is 20.1 Å². The van der Waals surface area contributed by atoms with E-state index in [1.165, 1.54) is 5.56 Å². The number of hydrogen-bond acceptors (Lipinski definition) is 3. The Morgan fingerprint density at radius 1 is 1.15 bits per heavy atom. The molecule has 5 heteroatoms. The lowest BCUT2D eigenvalue weighted by Crippen LogP contribution is -2.35. The van der Waals surface area contributed by atoms with E-state index < -0.39 is 10.0 Å². The van der Waals surface area contributed by atoms with Crippen molar-refractivity contribution in [1.82, 2.24) is 9.62 Å². The standard InChI is InChI=1S/C15H24N2O2S/c1-3-13-7-8-15(11-14(13)12-16-2)20(18,19)17-9-5-4-6-10-17/h7-8,11,16H,3-6,9-10,12H2,1-2H3. The molecular formula is C15H24N2O2S. The van der Waals surface area contributed by atoms with Gasteiger partial charge in [0.05, 0.1) is 4.90 Å². The molecule has 0 spiro atoms. The van der Waals surface area contributed by atoms with E-state index in [2.05, 4.69) is 12.2 Å². The van der Waals surface area contributed by atoms with Crippen LogP contribution in [0.1, 0.15) is 37.3 Å². The molecule has 0 aliphatic carbocycles. The van der Waals surface area contributed by atoms with Gasteiger partial charge in [-0.05, 0) is 49.6 Å². The zero-order chi connectivity index (χ0) is 14.6. The molecule has 0 aromatic heterocycles. The van der Waals surface area contributed by atoms with E-state index >= 15 is 0 Å². The minimum atomic E-state index is -3.32. The number of hydrogen-bond donors (Lipinski definition) is 1. The van der Waals surface area contributed by atoms with E-state index in [-0.39, 0.29) is 0 Å². The van der Waals surface area contributed by atoms with Crippen LogP contribution >= 0.6 is 0 Å². The summed E-state index contributed by atoms with van der Waals surface area (Å²) in [6.45, 7) is 4.10. The molecule has 0 unspecified atom stereocenters. The molecule has 0 bridgehead atoms. The Balaban J connectivity index is 2.33. The Kier molecular flexibility index (Phi) is 5.18.